The Morgan fingerprint density at radius 2 is 1.97 bits per heavy atom. The Morgan fingerprint density at radius 3 is 2.47 bits per heavy atom. The highest BCUT2D eigenvalue weighted by Crippen LogP contribution is 2.39. The molecule has 0 spiro atoms. The fraction of sp³-hybridized carbons (Fsp3) is 0.476. The van der Waals surface area contributed by atoms with E-state index in [4.69, 9.17) is 4.74 Å². The van der Waals surface area contributed by atoms with E-state index in [1.165, 1.54) is 6.92 Å². The summed E-state index contributed by atoms with van der Waals surface area (Å²) >= 11 is 0. The third-order valence-corrected chi connectivity index (χ3v) is 4.57. The minimum atomic E-state index is -0.290. The number of carbonyl (C=O) groups is 1. The van der Waals surface area contributed by atoms with Crippen molar-refractivity contribution in [3.8, 4) is 11.8 Å². The molecule has 2 aromatic rings. The number of ether oxygens (including phenoxy) is 1. The summed E-state index contributed by atoms with van der Waals surface area (Å²) in [4.78, 5) is 13.9. The third-order valence-electron chi connectivity index (χ3n) is 4.57. The summed E-state index contributed by atoms with van der Waals surface area (Å²) in [6, 6.07) is 5.68. The van der Waals surface area contributed by atoms with Crippen LogP contribution in [0.15, 0.2) is 22.4 Å². The minimum Gasteiger partial charge on any atom is -0.494 e. The molecular weight excluding hydrogens is 382 g/mol. The van der Waals surface area contributed by atoms with Crippen molar-refractivity contribution in [2.45, 2.75) is 47.0 Å². The summed E-state index contributed by atoms with van der Waals surface area (Å²) in [5.41, 5.74) is 2.50. The molecule has 2 N–H and O–H groups in total. The van der Waals surface area contributed by atoms with Crippen LogP contribution in [0.5, 0.6) is 5.75 Å². The molecule has 0 aliphatic rings. The fourth-order valence-corrected chi connectivity index (χ4v) is 3.06. The number of nitrogens with one attached hydrogen (secondary N) is 2. The molecule has 1 heterocycles. The Morgan fingerprint density at radius 1 is 1.30 bits per heavy atom. The number of rotatable bonds is 7. The zero-order chi connectivity index (χ0) is 22.5. The lowest BCUT2D eigenvalue weighted by atomic mass is 9.90. The van der Waals surface area contributed by atoms with Gasteiger partial charge in [0.2, 0.25) is 11.7 Å². The summed E-state index contributed by atoms with van der Waals surface area (Å²) in [6.07, 6.45) is 0. The number of nitriles is 1. The molecule has 0 saturated heterocycles. The maximum absolute atomic E-state index is 11.7. The lowest BCUT2D eigenvalue weighted by Gasteiger charge is -2.24. The standard InChI is InChI=1S/C21H29N7O2/c1-8-28(9-2)17-10-15(23-13(3)29)16(11-18(17)30-7)24-26-20-14(12-22)19(25-27-20)21(4,5)6/h10-11H,8-9H2,1-7H3,(H,23,29)(H,25,27). The minimum absolute atomic E-state index is 0.197. The van der Waals surface area contributed by atoms with Gasteiger partial charge in [-0.1, -0.05) is 20.8 Å². The van der Waals surface area contributed by atoms with E-state index in [2.05, 4.69) is 36.7 Å². The van der Waals surface area contributed by atoms with Crippen molar-refractivity contribution in [1.82, 2.24) is 10.2 Å². The number of aromatic amines is 1. The van der Waals surface area contributed by atoms with Gasteiger partial charge in [-0.3, -0.25) is 9.89 Å². The Labute approximate surface area is 177 Å². The van der Waals surface area contributed by atoms with E-state index in [1.54, 1.807) is 13.2 Å². The molecule has 0 bridgehead atoms. The highest BCUT2D eigenvalue weighted by molar-refractivity contribution is 5.93. The van der Waals surface area contributed by atoms with Crippen LogP contribution in [0.3, 0.4) is 0 Å². The number of methoxy groups -OCH3 is 1. The second kappa shape index (κ2) is 9.39. The average molecular weight is 412 g/mol. The van der Waals surface area contributed by atoms with Gasteiger partial charge in [0.15, 0.2) is 0 Å². The number of anilines is 2. The molecule has 1 aromatic heterocycles. The molecule has 0 unspecified atom stereocenters. The van der Waals surface area contributed by atoms with Crippen molar-refractivity contribution in [2.75, 3.05) is 30.4 Å². The Bertz CT molecular complexity index is 976. The van der Waals surface area contributed by atoms with E-state index in [0.717, 1.165) is 18.8 Å². The average Bonchev–Trinajstić information content (AvgIpc) is 3.11. The molecule has 0 aliphatic carbocycles. The second-order valence-corrected chi connectivity index (χ2v) is 7.75. The summed E-state index contributed by atoms with van der Waals surface area (Å²) in [5.74, 6) is 0.581. The van der Waals surface area contributed by atoms with Crippen LogP contribution >= 0.6 is 0 Å². The van der Waals surface area contributed by atoms with E-state index in [-0.39, 0.29) is 17.1 Å². The largest absolute Gasteiger partial charge is 0.494 e. The first-order chi connectivity index (χ1) is 14.2. The number of nitrogens with zero attached hydrogens (tertiary/aromatic N) is 5. The van der Waals surface area contributed by atoms with Crippen LogP contribution in [0, 0.1) is 11.3 Å². The van der Waals surface area contributed by atoms with Crippen LogP contribution in [-0.4, -0.2) is 36.3 Å². The molecule has 0 radical (unpaired) electrons. The van der Waals surface area contributed by atoms with Crippen molar-refractivity contribution in [3.05, 3.63) is 23.4 Å². The van der Waals surface area contributed by atoms with Crippen LogP contribution < -0.4 is 15.0 Å². The van der Waals surface area contributed by atoms with Gasteiger partial charge in [0.1, 0.15) is 23.1 Å². The van der Waals surface area contributed by atoms with Gasteiger partial charge in [-0.15, -0.1) is 10.2 Å². The van der Waals surface area contributed by atoms with E-state index >= 15 is 0 Å². The molecular formula is C21H29N7O2. The summed E-state index contributed by atoms with van der Waals surface area (Å²) in [7, 11) is 1.58. The first-order valence-electron chi connectivity index (χ1n) is 9.81. The molecule has 1 aromatic carbocycles. The quantitative estimate of drug-likeness (QED) is 0.634. The van der Waals surface area contributed by atoms with Crippen molar-refractivity contribution in [1.29, 1.82) is 5.26 Å². The number of hydrogen-bond acceptors (Lipinski definition) is 7. The maximum Gasteiger partial charge on any atom is 0.221 e. The SMILES string of the molecule is CCN(CC)c1cc(NC(C)=O)c(N=Nc2n[nH]c(C(C)(C)C)c2C#N)cc1OC. The highest BCUT2D eigenvalue weighted by Gasteiger charge is 2.24. The monoisotopic (exact) mass is 411 g/mol. The first-order valence-corrected chi connectivity index (χ1v) is 9.81. The molecule has 9 heteroatoms. The van der Waals surface area contributed by atoms with Gasteiger partial charge in [0.25, 0.3) is 0 Å². The van der Waals surface area contributed by atoms with Gasteiger partial charge in [-0.2, -0.15) is 10.4 Å². The second-order valence-electron chi connectivity index (χ2n) is 7.75. The predicted octanol–water partition coefficient (Wildman–Crippen LogP) is 4.81. The van der Waals surface area contributed by atoms with Crippen LogP contribution in [0.1, 0.15) is 52.8 Å². The van der Waals surface area contributed by atoms with Gasteiger partial charge < -0.3 is 15.0 Å². The molecule has 30 heavy (non-hydrogen) atoms. The van der Waals surface area contributed by atoms with E-state index in [1.807, 2.05) is 40.7 Å². The van der Waals surface area contributed by atoms with E-state index in [0.29, 0.717) is 28.4 Å². The normalized spacial score (nSPS) is 11.4. The van der Waals surface area contributed by atoms with Crippen molar-refractivity contribution in [3.63, 3.8) is 0 Å². The Kier molecular flexibility index (Phi) is 7.16. The van der Waals surface area contributed by atoms with Gasteiger partial charge in [0, 0.05) is 31.5 Å². The van der Waals surface area contributed by atoms with Gasteiger partial charge in [-0.25, -0.2) is 0 Å². The van der Waals surface area contributed by atoms with E-state index < -0.39 is 0 Å². The van der Waals surface area contributed by atoms with Crippen LogP contribution in [0.25, 0.3) is 0 Å². The van der Waals surface area contributed by atoms with Crippen LogP contribution in [0.2, 0.25) is 0 Å². The van der Waals surface area contributed by atoms with Crippen molar-refractivity contribution < 1.29 is 9.53 Å². The third kappa shape index (κ3) is 4.95. The van der Waals surface area contributed by atoms with Crippen molar-refractivity contribution >= 4 is 28.8 Å². The fourth-order valence-electron chi connectivity index (χ4n) is 3.06. The van der Waals surface area contributed by atoms with Gasteiger partial charge in [-0.05, 0) is 19.9 Å². The Balaban J connectivity index is 2.57. The zero-order valence-corrected chi connectivity index (χ0v) is 18.6. The molecule has 9 nitrogen and oxygen atoms in total. The lowest BCUT2D eigenvalue weighted by molar-refractivity contribution is -0.114. The Hall–Kier alpha value is -3.41. The zero-order valence-electron chi connectivity index (χ0n) is 18.6. The number of azo groups is 1. The molecule has 160 valence electrons. The highest BCUT2D eigenvalue weighted by atomic mass is 16.5. The number of benzene rings is 1. The first kappa shape index (κ1) is 22.9. The topological polar surface area (TPSA) is 119 Å². The van der Waals surface area contributed by atoms with Crippen molar-refractivity contribution in [2.24, 2.45) is 10.2 Å². The molecule has 2 rings (SSSR count). The number of hydrogen-bond donors (Lipinski definition) is 2. The number of aromatic nitrogens is 2. The summed E-state index contributed by atoms with van der Waals surface area (Å²) in [5, 5.41) is 27.8. The molecule has 0 aliphatic heterocycles. The van der Waals surface area contributed by atoms with Crippen LogP contribution in [-0.2, 0) is 10.2 Å². The van der Waals surface area contributed by atoms with Crippen LogP contribution in [0.4, 0.5) is 22.9 Å². The number of carbonyl (C=O) groups excluding carboxylic acids is 1. The summed E-state index contributed by atoms with van der Waals surface area (Å²) < 4.78 is 5.55. The van der Waals surface area contributed by atoms with E-state index in [9.17, 15) is 10.1 Å². The van der Waals surface area contributed by atoms with Gasteiger partial charge >= 0.3 is 0 Å². The lowest BCUT2D eigenvalue weighted by Crippen LogP contribution is -2.22. The van der Waals surface area contributed by atoms with Gasteiger partial charge in [0.05, 0.1) is 24.2 Å². The molecule has 0 fully saturated rings. The summed E-state index contributed by atoms with van der Waals surface area (Å²) in [6.45, 7) is 13.0. The molecule has 0 saturated carbocycles. The number of amides is 1. The number of H-pyrrole nitrogens is 1. The molecule has 1 amide bonds. The smallest absolute Gasteiger partial charge is 0.221 e. The maximum atomic E-state index is 11.7. The molecule has 0 atom stereocenters. The predicted molar refractivity (Wildman–Crippen MR) is 117 cm³/mol.